The number of rotatable bonds is 1. The molecule has 0 N–H and O–H groups in total. The van der Waals surface area contributed by atoms with Gasteiger partial charge in [-0.15, -0.1) is 11.3 Å². The third-order valence-corrected chi connectivity index (χ3v) is 4.88. The molecule has 21 heavy (non-hydrogen) atoms. The SMILES string of the molecule is Cc1ccsc1-c1nc(Cl)c2cc(C(C)(C)C)ccc2n1. The van der Waals surface area contributed by atoms with E-state index >= 15 is 0 Å². The van der Waals surface area contributed by atoms with Crippen molar-refractivity contribution in [1.82, 2.24) is 9.97 Å². The summed E-state index contributed by atoms with van der Waals surface area (Å²) in [5.41, 5.74) is 3.40. The second-order valence-electron chi connectivity index (χ2n) is 6.25. The van der Waals surface area contributed by atoms with Gasteiger partial charge in [0.15, 0.2) is 5.82 Å². The van der Waals surface area contributed by atoms with E-state index in [1.165, 1.54) is 11.1 Å². The Labute approximate surface area is 133 Å². The van der Waals surface area contributed by atoms with E-state index < -0.39 is 0 Å². The van der Waals surface area contributed by atoms with Crippen molar-refractivity contribution in [3.63, 3.8) is 0 Å². The number of halogens is 1. The molecule has 0 radical (unpaired) electrons. The summed E-state index contributed by atoms with van der Waals surface area (Å²) in [7, 11) is 0. The van der Waals surface area contributed by atoms with Crippen molar-refractivity contribution in [2.75, 3.05) is 0 Å². The zero-order valence-electron chi connectivity index (χ0n) is 12.6. The minimum atomic E-state index is 0.0839. The van der Waals surface area contributed by atoms with Gasteiger partial charge in [0.2, 0.25) is 0 Å². The van der Waals surface area contributed by atoms with Gasteiger partial charge in [-0.1, -0.05) is 38.4 Å². The first-order valence-corrected chi connectivity index (χ1v) is 8.14. The average Bonchev–Trinajstić information content (AvgIpc) is 2.83. The van der Waals surface area contributed by atoms with Crippen LogP contribution in [0.5, 0.6) is 0 Å². The molecule has 1 aromatic carbocycles. The number of hydrogen-bond acceptors (Lipinski definition) is 3. The molecule has 2 aromatic heterocycles. The second-order valence-corrected chi connectivity index (χ2v) is 7.53. The molecule has 0 aliphatic heterocycles. The standard InChI is InChI=1S/C17H17ClN2S/c1-10-7-8-21-14(10)16-19-13-6-5-11(17(2,3)4)9-12(13)15(18)20-16/h5-9H,1-4H3. The van der Waals surface area contributed by atoms with Crippen LogP contribution in [0.1, 0.15) is 31.9 Å². The molecule has 0 saturated heterocycles. The van der Waals surface area contributed by atoms with Crippen LogP contribution in [-0.4, -0.2) is 9.97 Å². The third kappa shape index (κ3) is 2.68. The molecule has 4 heteroatoms. The van der Waals surface area contributed by atoms with Crippen molar-refractivity contribution < 1.29 is 0 Å². The number of nitrogens with zero attached hydrogens (tertiary/aromatic N) is 2. The van der Waals surface area contributed by atoms with E-state index in [9.17, 15) is 0 Å². The highest BCUT2D eigenvalue weighted by atomic mass is 35.5. The number of hydrogen-bond donors (Lipinski definition) is 0. The highest BCUT2D eigenvalue weighted by molar-refractivity contribution is 7.13. The van der Waals surface area contributed by atoms with Crippen LogP contribution in [0, 0.1) is 6.92 Å². The predicted molar refractivity (Wildman–Crippen MR) is 91.3 cm³/mol. The van der Waals surface area contributed by atoms with Crippen LogP contribution in [0.25, 0.3) is 21.6 Å². The molecule has 108 valence electrons. The summed E-state index contributed by atoms with van der Waals surface area (Å²) >= 11 is 8.05. The van der Waals surface area contributed by atoms with Crippen LogP contribution in [-0.2, 0) is 5.41 Å². The largest absolute Gasteiger partial charge is 0.227 e. The van der Waals surface area contributed by atoms with Gasteiger partial charge in [-0.25, -0.2) is 9.97 Å². The van der Waals surface area contributed by atoms with Gasteiger partial charge in [0.25, 0.3) is 0 Å². The van der Waals surface area contributed by atoms with Crippen molar-refractivity contribution in [3.05, 3.63) is 45.9 Å². The fourth-order valence-electron chi connectivity index (χ4n) is 2.26. The summed E-state index contributed by atoms with van der Waals surface area (Å²) < 4.78 is 0. The van der Waals surface area contributed by atoms with E-state index in [0.29, 0.717) is 11.0 Å². The number of fused-ring (bicyclic) bond motifs is 1. The van der Waals surface area contributed by atoms with Gasteiger partial charge in [0.1, 0.15) is 5.15 Å². The Kier molecular flexibility index (Phi) is 3.50. The Morgan fingerprint density at radius 2 is 1.86 bits per heavy atom. The third-order valence-electron chi connectivity index (χ3n) is 3.58. The van der Waals surface area contributed by atoms with Gasteiger partial charge < -0.3 is 0 Å². The average molecular weight is 317 g/mol. The predicted octanol–water partition coefficient (Wildman–Crippen LogP) is 5.62. The summed E-state index contributed by atoms with van der Waals surface area (Å²) in [6, 6.07) is 8.33. The van der Waals surface area contributed by atoms with Gasteiger partial charge in [0.05, 0.1) is 10.4 Å². The molecule has 0 amide bonds. The molecule has 0 atom stereocenters. The van der Waals surface area contributed by atoms with E-state index in [-0.39, 0.29) is 5.41 Å². The fourth-order valence-corrected chi connectivity index (χ4v) is 3.35. The Morgan fingerprint density at radius 3 is 2.48 bits per heavy atom. The van der Waals surface area contributed by atoms with Crippen molar-refractivity contribution in [2.45, 2.75) is 33.1 Å². The van der Waals surface area contributed by atoms with Crippen molar-refractivity contribution >= 4 is 33.8 Å². The Balaban J connectivity index is 2.20. The topological polar surface area (TPSA) is 25.8 Å². The lowest BCUT2D eigenvalue weighted by atomic mass is 9.86. The van der Waals surface area contributed by atoms with Crippen LogP contribution >= 0.6 is 22.9 Å². The molecule has 2 heterocycles. The molecule has 3 rings (SSSR count). The van der Waals surface area contributed by atoms with Gasteiger partial charge in [0, 0.05) is 5.39 Å². The zero-order chi connectivity index (χ0) is 15.2. The van der Waals surface area contributed by atoms with E-state index in [1.54, 1.807) is 11.3 Å². The van der Waals surface area contributed by atoms with Crippen LogP contribution in [0.4, 0.5) is 0 Å². The van der Waals surface area contributed by atoms with Crippen LogP contribution in [0.15, 0.2) is 29.6 Å². The summed E-state index contributed by atoms with van der Waals surface area (Å²) in [6.07, 6.45) is 0. The minimum absolute atomic E-state index is 0.0839. The highest BCUT2D eigenvalue weighted by Crippen LogP contribution is 2.32. The molecule has 0 spiro atoms. The molecule has 0 saturated carbocycles. The second kappa shape index (κ2) is 5.08. The van der Waals surface area contributed by atoms with E-state index in [4.69, 9.17) is 11.6 Å². The Hall–Kier alpha value is -1.45. The maximum atomic E-state index is 6.41. The van der Waals surface area contributed by atoms with Crippen molar-refractivity contribution in [3.8, 4) is 10.7 Å². The number of thiophene rings is 1. The smallest absolute Gasteiger partial charge is 0.171 e. The van der Waals surface area contributed by atoms with Crippen LogP contribution < -0.4 is 0 Å². The summed E-state index contributed by atoms with van der Waals surface area (Å²) in [6.45, 7) is 8.63. The molecule has 0 aliphatic carbocycles. The summed E-state index contributed by atoms with van der Waals surface area (Å²) in [5.74, 6) is 0.712. The maximum Gasteiger partial charge on any atom is 0.171 e. The molecule has 0 aliphatic rings. The Bertz CT molecular complexity index is 815. The first-order valence-electron chi connectivity index (χ1n) is 6.88. The van der Waals surface area contributed by atoms with Gasteiger partial charge in [-0.05, 0) is 47.0 Å². The van der Waals surface area contributed by atoms with E-state index in [1.807, 2.05) is 6.07 Å². The zero-order valence-corrected chi connectivity index (χ0v) is 14.1. The minimum Gasteiger partial charge on any atom is -0.227 e. The molecule has 0 bridgehead atoms. The lowest BCUT2D eigenvalue weighted by Gasteiger charge is -2.19. The van der Waals surface area contributed by atoms with Crippen molar-refractivity contribution in [2.24, 2.45) is 0 Å². The lowest BCUT2D eigenvalue weighted by Crippen LogP contribution is -2.10. The van der Waals surface area contributed by atoms with Gasteiger partial charge in [-0.3, -0.25) is 0 Å². The van der Waals surface area contributed by atoms with E-state index in [2.05, 4.69) is 61.2 Å². The highest BCUT2D eigenvalue weighted by Gasteiger charge is 2.16. The molecule has 2 nitrogen and oxygen atoms in total. The lowest BCUT2D eigenvalue weighted by molar-refractivity contribution is 0.591. The molecule has 0 unspecified atom stereocenters. The first kappa shape index (κ1) is 14.5. The van der Waals surface area contributed by atoms with Crippen LogP contribution in [0.2, 0.25) is 5.15 Å². The normalized spacial score (nSPS) is 12.0. The van der Waals surface area contributed by atoms with E-state index in [0.717, 1.165) is 15.8 Å². The fraction of sp³-hybridized carbons (Fsp3) is 0.294. The molecular formula is C17H17ClN2S. The maximum absolute atomic E-state index is 6.41. The summed E-state index contributed by atoms with van der Waals surface area (Å²) in [4.78, 5) is 10.3. The Morgan fingerprint density at radius 1 is 1.10 bits per heavy atom. The number of benzene rings is 1. The molecule has 3 aromatic rings. The summed E-state index contributed by atoms with van der Waals surface area (Å²) in [5, 5.41) is 3.49. The quantitative estimate of drug-likeness (QED) is 0.545. The van der Waals surface area contributed by atoms with Crippen molar-refractivity contribution in [1.29, 1.82) is 0 Å². The molecule has 0 fully saturated rings. The van der Waals surface area contributed by atoms with Crippen LogP contribution in [0.3, 0.4) is 0 Å². The van der Waals surface area contributed by atoms with Gasteiger partial charge in [-0.2, -0.15) is 0 Å². The van der Waals surface area contributed by atoms with Gasteiger partial charge >= 0.3 is 0 Å². The number of aromatic nitrogens is 2. The first-order chi connectivity index (χ1) is 9.86. The monoisotopic (exact) mass is 316 g/mol. The molecular weight excluding hydrogens is 300 g/mol. The number of aryl methyl sites for hydroxylation is 1.